The number of carbonyl (C=O) groups excluding carboxylic acids is 3. The van der Waals surface area contributed by atoms with Crippen LogP contribution in [0.15, 0.2) is 71.0 Å². The molecule has 0 bridgehead atoms. The summed E-state index contributed by atoms with van der Waals surface area (Å²) in [5, 5.41) is 5.48. The number of rotatable bonds is 7. The minimum absolute atomic E-state index is 0.00939. The van der Waals surface area contributed by atoms with Crippen LogP contribution in [0, 0.1) is 6.92 Å². The average molecular weight is 460 g/mol. The standard InChI is InChI=1S/C26H25N3O5/c1-17-7-10-19(15-23(17)29-13-3-6-24(29)30)27-26(32)22(16-21-5-4-14-34-21)28-25(31)18-8-11-20(33-2)12-9-18/h4-5,7-12,14-16H,3,6,13H2,1-2H3,(H,27,32)(H,28,31)/b22-16-. The van der Waals surface area contributed by atoms with Crippen molar-refractivity contribution in [3.05, 3.63) is 83.4 Å². The van der Waals surface area contributed by atoms with Gasteiger partial charge in [-0.05, 0) is 67.4 Å². The van der Waals surface area contributed by atoms with Crippen molar-refractivity contribution in [2.75, 3.05) is 23.9 Å². The highest BCUT2D eigenvalue weighted by Gasteiger charge is 2.24. The quantitative estimate of drug-likeness (QED) is 0.518. The fourth-order valence-electron chi connectivity index (χ4n) is 3.69. The largest absolute Gasteiger partial charge is 0.497 e. The number of aryl methyl sites for hydroxylation is 1. The van der Waals surface area contributed by atoms with Gasteiger partial charge in [0.05, 0.1) is 13.4 Å². The van der Waals surface area contributed by atoms with Crippen molar-refractivity contribution in [1.29, 1.82) is 0 Å². The first-order chi connectivity index (χ1) is 16.4. The second-order valence-corrected chi connectivity index (χ2v) is 7.86. The van der Waals surface area contributed by atoms with Crippen LogP contribution in [0.4, 0.5) is 11.4 Å². The fraction of sp³-hybridized carbons (Fsp3) is 0.192. The molecule has 174 valence electrons. The summed E-state index contributed by atoms with van der Waals surface area (Å²) in [6.07, 6.45) is 4.26. The number of benzene rings is 2. The van der Waals surface area contributed by atoms with E-state index in [9.17, 15) is 14.4 Å². The minimum Gasteiger partial charge on any atom is -0.497 e. The van der Waals surface area contributed by atoms with Crippen LogP contribution in [0.2, 0.25) is 0 Å². The van der Waals surface area contributed by atoms with Gasteiger partial charge in [0.15, 0.2) is 0 Å². The third-order valence-corrected chi connectivity index (χ3v) is 5.51. The molecule has 1 aliphatic heterocycles. The van der Waals surface area contributed by atoms with Crippen molar-refractivity contribution in [1.82, 2.24) is 5.32 Å². The smallest absolute Gasteiger partial charge is 0.272 e. The lowest BCUT2D eigenvalue weighted by atomic mass is 10.1. The lowest BCUT2D eigenvalue weighted by Crippen LogP contribution is -2.31. The van der Waals surface area contributed by atoms with E-state index in [0.717, 1.165) is 17.7 Å². The van der Waals surface area contributed by atoms with E-state index in [1.54, 1.807) is 60.5 Å². The Hall–Kier alpha value is -4.33. The van der Waals surface area contributed by atoms with Gasteiger partial charge in [0.25, 0.3) is 11.8 Å². The first-order valence-electron chi connectivity index (χ1n) is 10.9. The molecule has 0 unspecified atom stereocenters. The van der Waals surface area contributed by atoms with E-state index in [-0.39, 0.29) is 11.6 Å². The SMILES string of the molecule is COc1ccc(C(=O)N/C(=C\c2ccco2)C(=O)Nc2ccc(C)c(N3CCCC3=O)c2)cc1. The minimum atomic E-state index is -0.527. The van der Waals surface area contributed by atoms with E-state index in [2.05, 4.69) is 10.6 Å². The Labute approximate surface area is 197 Å². The molecular formula is C26H25N3O5. The van der Waals surface area contributed by atoms with E-state index in [1.165, 1.54) is 12.3 Å². The Morgan fingerprint density at radius 2 is 1.91 bits per heavy atom. The van der Waals surface area contributed by atoms with Crippen LogP contribution in [0.5, 0.6) is 5.75 Å². The maximum atomic E-state index is 13.2. The summed E-state index contributed by atoms with van der Waals surface area (Å²) < 4.78 is 10.4. The zero-order valence-electron chi connectivity index (χ0n) is 19.0. The molecule has 0 radical (unpaired) electrons. The molecule has 1 fully saturated rings. The maximum absolute atomic E-state index is 13.2. The highest BCUT2D eigenvalue weighted by molar-refractivity contribution is 6.11. The van der Waals surface area contributed by atoms with E-state index in [0.29, 0.717) is 35.7 Å². The van der Waals surface area contributed by atoms with Crippen molar-refractivity contribution in [3.8, 4) is 5.75 Å². The topological polar surface area (TPSA) is 101 Å². The van der Waals surface area contributed by atoms with Crippen LogP contribution in [0.1, 0.15) is 34.5 Å². The van der Waals surface area contributed by atoms with Gasteiger partial charge < -0.3 is 24.7 Å². The Morgan fingerprint density at radius 3 is 2.56 bits per heavy atom. The molecule has 8 heteroatoms. The van der Waals surface area contributed by atoms with Crippen LogP contribution >= 0.6 is 0 Å². The van der Waals surface area contributed by atoms with Gasteiger partial charge in [0.2, 0.25) is 5.91 Å². The van der Waals surface area contributed by atoms with E-state index >= 15 is 0 Å². The maximum Gasteiger partial charge on any atom is 0.272 e. The van der Waals surface area contributed by atoms with Crippen molar-refractivity contribution < 1.29 is 23.5 Å². The summed E-state index contributed by atoms with van der Waals surface area (Å²) in [4.78, 5) is 39.9. The van der Waals surface area contributed by atoms with Crippen LogP contribution < -0.4 is 20.3 Å². The number of nitrogens with one attached hydrogen (secondary N) is 2. The monoisotopic (exact) mass is 459 g/mol. The molecule has 1 saturated heterocycles. The van der Waals surface area contributed by atoms with Gasteiger partial charge in [-0.3, -0.25) is 14.4 Å². The van der Waals surface area contributed by atoms with Crippen molar-refractivity contribution in [2.45, 2.75) is 19.8 Å². The molecule has 4 rings (SSSR count). The molecule has 1 aromatic heterocycles. The third-order valence-electron chi connectivity index (χ3n) is 5.51. The molecule has 1 aliphatic rings. The zero-order valence-corrected chi connectivity index (χ0v) is 19.0. The van der Waals surface area contributed by atoms with Crippen molar-refractivity contribution in [3.63, 3.8) is 0 Å². The van der Waals surface area contributed by atoms with E-state index < -0.39 is 11.8 Å². The molecule has 0 aliphatic carbocycles. The van der Waals surface area contributed by atoms with Gasteiger partial charge in [-0.25, -0.2) is 0 Å². The molecule has 2 aromatic carbocycles. The third kappa shape index (κ3) is 5.17. The molecule has 0 spiro atoms. The van der Waals surface area contributed by atoms with Gasteiger partial charge in [-0.1, -0.05) is 6.07 Å². The molecule has 2 heterocycles. The Bertz CT molecular complexity index is 1230. The zero-order chi connectivity index (χ0) is 24.1. The molecule has 34 heavy (non-hydrogen) atoms. The van der Waals surface area contributed by atoms with Gasteiger partial charge in [0.1, 0.15) is 17.2 Å². The number of anilines is 2. The first kappa shape index (κ1) is 22.8. The van der Waals surface area contributed by atoms with Crippen LogP contribution in [0.3, 0.4) is 0 Å². The highest BCUT2D eigenvalue weighted by Crippen LogP contribution is 2.28. The van der Waals surface area contributed by atoms with Crippen LogP contribution in [-0.4, -0.2) is 31.4 Å². The number of furan rings is 1. The van der Waals surface area contributed by atoms with Gasteiger partial charge in [-0.15, -0.1) is 0 Å². The molecule has 8 nitrogen and oxygen atoms in total. The van der Waals surface area contributed by atoms with Crippen molar-refractivity contribution >= 4 is 35.2 Å². The van der Waals surface area contributed by atoms with Gasteiger partial charge in [0, 0.05) is 36.0 Å². The molecule has 0 atom stereocenters. The average Bonchev–Trinajstić information content (AvgIpc) is 3.51. The predicted molar refractivity (Wildman–Crippen MR) is 129 cm³/mol. The summed E-state index contributed by atoms with van der Waals surface area (Å²) in [5.41, 5.74) is 2.58. The lowest BCUT2D eigenvalue weighted by Gasteiger charge is -2.20. The molecule has 0 saturated carbocycles. The number of ether oxygens (including phenoxy) is 1. The lowest BCUT2D eigenvalue weighted by molar-refractivity contribution is -0.117. The number of methoxy groups -OCH3 is 1. The second-order valence-electron chi connectivity index (χ2n) is 7.86. The Morgan fingerprint density at radius 1 is 1.12 bits per heavy atom. The number of nitrogens with zero attached hydrogens (tertiary/aromatic N) is 1. The predicted octanol–water partition coefficient (Wildman–Crippen LogP) is 4.13. The second kappa shape index (κ2) is 10.1. The van der Waals surface area contributed by atoms with Gasteiger partial charge >= 0.3 is 0 Å². The summed E-state index contributed by atoms with van der Waals surface area (Å²) in [6, 6.07) is 15.3. The summed E-state index contributed by atoms with van der Waals surface area (Å²) in [5.74, 6) is 0.111. The first-order valence-corrected chi connectivity index (χ1v) is 10.9. The number of hydrogen-bond donors (Lipinski definition) is 2. The summed E-state index contributed by atoms with van der Waals surface area (Å²) in [6.45, 7) is 2.57. The fourth-order valence-corrected chi connectivity index (χ4v) is 3.69. The molecule has 2 N–H and O–H groups in total. The molecule has 3 aromatic rings. The van der Waals surface area contributed by atoms with Crippen LogP contribution in [-0.2, 0) is 9.59 Å². The number of carbonyl (C=O) groups is 3. The summed E-state index contributed by atoms with van der Waals surface area (Å²) >= 11 is 0. The highest BCUT2D eigenvalue weighted by atomic mass is 16.5. The number of hydrogen-bond acceptors (Lipinski definition) is 5. The van der Waals surface area contributed by atoms with Gasteiger partial charge in [-0.2, -0.15) is 0 Å². The molecular weight excluding hydrogens is 434 g/mol. The molecule has 3 amide bonds. The normalized spacial score (nSPS) is 13.6. The number of amides is 3. The Balaban J connectivity index is 1.56. The Kier molecular flexibility index (Phi) is 6.77. The van der Waals surface area contributed by atoms with Crippen LogP contribution in [0.25, 0.3) is 6.08 Å². The van der Waals surface area contributed by atoms with E-state index in [4.69, 9.17) is 9.15 Å². The van der Waals surface area contributed by atoms with E-state index in [1.807, 2.05) is 13.0 Å². The van der Waals surface area contributed by atoms with Crippen molar-refractivity contribution in [2.24, 2.45) is 0 Å². The summed E-state index contributed by atoms with van der Waals surface area (Å²) in [7, 11) is 1.54.